The van der Waals surface area contributed by atoms with Crippen LogP contribution in [-0.4, -0.2) is 87.7 Å². The summed E-state index contributed by atoms with van der Waals surface area (Å²) in [6, 6.07) is 10.8. The second-order valence-electron chi connectivity index (χ2n) is 8.75. The number of nitrogens with zero attached hydrogens (tertiary/aromatic N) is 3. The highest BCUT2D eigenvalue weighted by Gasteiger charge is 2.29. The highest BCUT2D eigenvalue weighted by atomic mass is 32.2. The molecular weight excluding hydrogens is 458 g/mol. The molecule has 2 saturated heterocycles. The summed E-state index contributed by atoms with van der Waals surface area (Å²) >= 11 is 0. The minimum absolute atomic E-state index is 0.126. The van der Waals surface area contributed by atoms with Crippen LogP contribution in [0.3, 0.4) is 0 Å². The fraction of sp³-hybridized carbons (Fsp3) is 0.458. The number of fused-ring (bicyclic) bond motifs is 1. The Balaban J connectivity index is 1.24. The standard InChI is InChI=1S/C24H29N3O6S/c1-18-2-4-20(34(29,30)27-10-12-31-13-11-27)15-21(18)24(28)26-8-6-25(7-9-26)16-19-3-5-22-23(14-19)33-17-32-22/h2-5,14-15H,6-13,16-17H2,1H3. The van der Waals surface area contributed by atoms with Gasteiger partial charge in [0.25, 0.3) is 5.91 Å². The Hall–Kier alpha value is -2.66. The maximum atomic E-state index is 13.3. The second-order valence-corrected chi connectivity index (χ2v) is 10.7. The number of carbonyl (C=O) groups excluding carboxylic acids is 1. The Morgan fingerprint density at radius 3 is 2.41 bits per heavy atom. The van der Waals surface area contributed by atoms with Gasteiger partial charge in [0.1, 0.15) is 0 Å². The predicted octanol–water partition coefficient (Wildman–Crippen LogP) is 1.70. The fourth-order valence-electron chi connectivity index (χ4n) is 4.50. The first-order chi connectivity index (χ1) is 16.4. The largest absolute Gasteiger partial charge is 0.454 e. The van der Waals surface area contributed by atoms with E-state index in [0.717, 1.165) is 42.3 Å². The van der Waals surface area contributed by atoms with Crippen molar-refractivity contribution in [3.63, 3.8) is 0 Å². The molecule has 182 valence electrons. The summed E-state index contributed by atoms with van der Waals surface area (Å²) in [4.78, 5) is 17.6. The van der Waals surface area contributed by atoms with Gasteiger partial charge in [0.15, 0.2) is 11.5 Å². The lowest BCUT2D eigenvalue weighted by molar-refractivity contribution is 0.0627. The first-order valence-corrected chi connectivity index (χ1v) is 12.9. The number of sulfonamides is 1. The zero-order valence-electron chi connectivity index (χ0n) is 19.2. The summed E-state index contributed by atoms with van der Waals surface area (Å²) in [5, 5.41) is 0. The first kappa shape index (κ1) is 23.1. The first-order valence-electron chi connectivity index (χ1n) is 11.5. The van der Waals surface area contributed by atoms with Crippen LogP contribution in [0.4, 0.5) is 0 Å². The van der Waals surface area contributed by atoms with E-state index < -0.39 is 10.0 Å². The van der Waals surface area contributed by atoms with Crippen molar-refractivity contribution >= 4 is 15.9 Å². The molecule has 2 fully saturated rings. The van der Waals surface area contributed by atoms with Crippen LogP contribution in [0.1, 0.15) is 21.5 Å². The maximum absolute atomic E-state index is 13.3. The average Bonchev–Trinajstić information content (AvgIpc) is 3.33. The molecule has 5 rings (SSSR count). The van der Waals surface area contributed by atoms with Crippen LogP contribution < -0.4 is 9.47 Å². The third kappa shape index (κ3) is 4.63. The highest BCUT2D eigenvalue weighted by Crippen LogP contribution is 2.33. The Labute approximate surface area is 199 Å². The van der Waals surface area contributed by atoms with E-state index >= 15 is 0 Å². The van der Waals surface area contributed by atoms with E-state index in [0.29, 0.717) is 45.0 Å². The van der Waals surface area contributed by atoms with Crippen molar-refractivity contribution in [2.24, 2.45) is 0 Å². The molecule has 0 bridgehead atoms. The second kappa shape index (κ2) is 9.53. The topological polar surface area (TPSA) is 88.6 Å². The molecule has 0 unspecified atom stereocenters. The third-order valence-electron chi connectivity index (χ3n) is 6.55. The van der Waals surface area contributed by atoms with Gasteiger partial charge in [0.05, 0.1) is 18.1 Å². The van der Waals surface area contributed by atoms with Gasteiger partial charge in [-0.15, -0.1) is 0 Å². The van der Waals surface area contributed by atoms with Crippen LogP contribution in [0, 0.1) is 6.92 Å². The van der Waals surface area contributed by atoms with Gasteiger partial charge < -0.3 is 19.1 Å². The normalized spacial score (nSPS) is 19.4. The molecule has 1 amide bonds. The van der Waals surface area contributed by atoms with Gasteiger partial charge in [0.2, 0.25) is 16.8 Å². The monoisotopic (exact) mass is 487 g/mol. The summed E-state index contributed by atoms with van der Waals surface area (Å²) in [5.74, 6) is 1.42. The molecule has 0 atom stereocenters. The van der Waals surface area contributed by atoms with Crippen molar-refractivity contribution in [3.05, 3.63) is 53.1 Å². The molecule has 0 aliphatic carbocycles. The number of benzene rings is 2. The molecule has 34 heavy (non-hydrogen) atoms. The average molecular weight is 488 g/mol. The Kier molecular flexibility index (Phi) is 6.48. The van der Waals surface area contributed by atoms with Gasteiger partial charge in [0, 0.05) is 51.4 Å². The fourth-order valence-corrected chi connectivity index (χ4v) is 5.94. The number of piperazine rings is 1. The van der Waals surface area contributed by atoms with Crippen molar-refractivity contribution in [2.45, 2.75) is 18.4 Å². The van der Waals surface area contributed by atoms with Gasteiger partial charge in [-0.2, -0.15) is 4.31 Å². The molecule has 9 nitrogen and oxygen atoms in total. The molecule has 2 aromatic carbocycles. The van der Waals surface area contributed by atoms with Crippen LogP contribution >= 0.6 is 0 Å². The van der Waals surface area contributed by atoms with Gasteiger partial charge >= 0.3 is 0 Å². The van der Waals surface area contributed by atoms with Crippen molar-refractivity contribution < 1.29 is 27.4 Å². The van der Waals surface area contributed by atoms with Gasteiger partial charge in [-0.05, 0) is 42.3 Å². The van der Waals surface area contributed by atoms with Crippen molar-refractivity contribution in [2.75, 3.05) is 59.3 Å². The van der Waals surface area contributed by atoms with Gasteiger partial charge in [-0.1, -0.05) is 12.1 Å². The Morgan fingerprint density at radius 1 is 0.912 bits per heavy atom. The molecule has 0 N–H and O–H groups in total. The van der Waals surface area contributed by atoms with Crippen molar-refractivity contribution in [1.82, 2.24) is 14.1 Å². The summed E-state index contributed by atoms with van der Waals surface area (Å²) in [6.45, 7) is 6.94. The number of hydrogen-bond acceptors (Lipinski definition) is 7. The predicted molar refractivity (Wildman–Crippen MR) is 125 cm³/mol. The smallest absolute Gasteiger partial charge is 0.254 e. The molecule has 0 aromatic heterocycles. The minimum Gasteiger partial charge on any atom is -0.454 e. The van der Waals surface area contributed by atoms with Crippen LogP contribution in [0.15, 0.2) is 41.3 Å². The molecule has 2 aromatic rings. The lowest BCUT2D eigenvalue weighted by atomic mass is 10.1. The van der Waals surface area contributed by atoms with Crippen molar-refractivity contribution in [1.29, 1.82) is 0 Å². The summed E-state index contributed by atoms with van der Waals surface area (Å²) in [5.41, 5.74) is 2.35. The minimum atomic E-state index is -3.66. The van der Waals surface area contributed by atoms with E-state index in [1.807, 2.05) is 30.0 Å². The molecule has 0 radical (unpaired) electrons. The number of carbonyl (C=O) groups is 1. The van der Waals surface area contributed by atoms with Crippen LogP contribution in [0.5, 0.6) is 11.5 Å². The molecule has 3 aliphatic heterocycles. The molecule has 0 saturated carbocycles. The molecular formula is C24H29N3O6S. The zero-order valence-corrected chi connectivity index (χ0v) is 20.1. The summed E-state index contributed by atoms with van der Waals surface area (Å²) in [6.07, 6.45) is 0. The summed E-state index contributed by atoms with van der Waals surface area (Å²) in [7, 11) is -3.66. The lowest BCUT2D eigenvalue weighted by Gasteiger charge is -2.35. The molecule has 0 spiro atoms. The van der Waals surface area contributed by atoms with Crippen LogP contribution in [0.2, 0.25) is 0 Å². The number of hydrogen-bond donors (Lipinski definition) is 0. The quantitative estimate of drug-likeness (QED) is 0.634. The number of ether oxygens (including phenoxy) is 3. The van der Waals surface area contributed by atoms with Crippen LogP contribution in [0.25, 0.3) is 0 Å². The zero-order chi connectivity index (χ0) is 23.7. The van der Waals surface area contributed by atoms with E-state index in [1.165, 1.54) is 10.4 Å². The number of aryl methyl sites for hydroxylation is 1. The maximum Gasteiger partial charge on any atom is 0.254 e. The number of rotatable bonds is 5. The Bertz CT molecular complexity index is 1170. The molecule has 3 aliphatic rings. The SMILES string of the molecule is Cc1ccc(S(=O)(=O)N2CCOCC2)cc1C(=O)N1CCN(Cc2ccc3c(c2)OCO3)CC1. The molecule has 3 heterocycles. The van der Waals surface area contributed by atoms with E-state index in [4.69, 9.17) is 14.2 Å². The van der Waals surface area contributed by atoms with E-state index in [-0.39, 0.29) is 17.6 Å². The number of morpholine rings is 1. The Morgan fingerprint density at radius 2 is 1.65 bits per heavy atom. The van der Waals surface area contributed by atoms with Crippen molar-refractivity contribution in [3.8, 4) is 11.5 Å². The van der Waals surface area contributed by atoms with E-state index in [1.54, 1.807) is 12.1 Å². The van der Waals surface area contributed by atoms with E-state index in [9.17, 15) is 13.2 Å². The van der Waals surface area contributed by atoms with Gasteiger partial charge in [-0.3, -0.25) is 9.69 Å². The third-order valence-corrected chi connectivity index (χ3v) is 8.44. The van der Waals surface area contributed by atoms with E-state index in [2.05, 4.69) is 4.90 Å². The lowest BCUT2D eigenvalue weighted by Crippen LogP contribution is -2.48. The number of amides is 1. The van der Waals surface area contributed by atoms with Gasteiger partial charge in [-0.25, -0.2) is 8.42 Å². The molecule has 10 heteroatoms. The van der Waals surface area contributed by atoms with Crippen LogP contribution in [-0.2, 0) is 21.3 Å². The summed E-state index contributed by atoms with van der Waals surface area (Å²) < 4.78 is 43.6. The highest BCUT2D eigenvalue weighted by molar-refractivity contribution is 7.89.